The summed E-state index contributed by atoms with van der Waals surface area (Å²) in [5.74, 6) is -0.237. The Balaban J connectivity index is 1.67. The predicted molar refractivity (Wildman–Crippen MR) is 102 cm³/mol. The first-order chi connectivity index (χ1) is 12.7. The maximum atomic E-state index is 12.2. The zero-order chi connectivity index (χ0) is 18.4. The third-order valence-corrected chi connectivity index (χ3v) is 4.21. The number of benzene rings is 2. The molecule has 1 heterocycles. The Hall–Kier alpha value is -3.01. The normalized spacial score (nSPS) is 10.5. The molecular formula is C22H22N2O2. The van der Waals surface area contributed by atoms with Crippen molar-refractivity contribution in [3.05, 3.63) is 77.6 Å². The monoisotopic (exact) mass is 346 g/mol. The van der Waals surface area contributed by atoms with E-state index in [4.69, 9.17) is 4.74 Å². The molecular weight excluding hydrogens is 324 g/mol. The van der Waals surface area contributed by atoms with Gasteiger partial charge in [0.25, 0.3) is 0 Å². The molecule has 4 heteroatoms. The molecule has 26 heavy (non-hydrogen) atoms. The number of hydrogen-bond acceptors (Lipinski definition) is 4. The summed E-state index contributed by atoms with van der Waals surface area (Å²) >= 11 is 0. The molecule has 0 atom stereocenters. The molecule has 132 valence electrons. The van der Waals surface area contributed by atoms with Crippen molar-refractivity contribution in [1.29, 1.82) is 0 Å². The number of carbonyl (C=O) groups is 1. The zero-order valence-electron chi connectivity index (χ0n) is 15.1. The lowest BCUT2D eigenvalue weighted by atomic mass is 10.1. The van der Waals surface area contributed by atoms with Gasteiger partial charge in [0.2, 0.25) is 5.88 Å². The van der Waals surface area contributed by atoms with Crippen LogP contribution in [-0.2, 0) is 12.8 Å². The first kappa shape index (κ1) is 17.8. The van der Waals surface area contributed by atoms with Crippen molar-refractivity contribution >= 4 is 5.97 Å². The number of hydrogen-bond donors (Lipinski definition) is 0. The van der Waals surface area contributed by atoms with Gasteiger partial charge in [-0.25, -0.2) is 14.8 Å². The minimum atomic E-state index is -0.432. The van der Waals surface area contributed by atoms with Gasteiger partial charge in [0, 0.05) is 5.56 Å². The van der Waals surface area contributed by atoms with Gasteiger partial charge in [-0.3, -0.25) is 0 Å². The highest BCUT2D eigenvalue weighted by atomic mass is 16.5. The SMILES string of the molecule is CCCc1ccc(-c2cnc(OC(=O)c3ccc(CC)cc3)cn2)cc1. The van der Waals surface area contributed by atoms with Crippen LogP contribution in [0.25, 0.3) is 11.3 Å². The second-order valence-corrected chi connectivity index (χ2v) is 6.13. The van der Waals surface area contributed by atoms with E-state index in [0.717, 1.165) is 30.5 Å². The van der Waals surface area contributed by atoms with Crippen LogP contribution in [0.5, 0.6) is 5.88 Å². The molecule has 0 spiro atoms. The summed E-state index contributed by atoms with van der Waals surface area (Å²) in [4.78, 5) is 20.7. The van der Waals surface area contributed by atoms with E-state index in [0.29, 0.717) is 5.56 Å². The molecule has 0 aliphatic carbocycles. The van der Waals surface area contributed by atoms with Gasteiger partial charge in [-0.2, -0.15) is 0 Å². The Labute approximate surface area is 153 Å². The molecule has 0 saturated heterocycles. The van der Waals surface area contributed by atoms with E-state index in [-0.39, 0.29) is 5.88 Å². The number of carbonyl (C=O) groups excluding carboxylic acids is 1. The fraction of sp³-hybridized carbons (Fsp3) is 0.227. The van der Waals surface area contributed by atoms with E-state index in [1.807, 2.05) is 24.3 Å². The van der Waals surface area contributed by atoms with Crippen molar-refractivity contribution in [1.82, 2.24) is 9.97 Å². The van der Waals surface area contributed by atoms with E-state index < -0.39 is 5.97 Å². The molecule has 0 radical (unpaired) electrons. The fourth-order valence-electron chi connectivity index (χ4n) is 2.68. The van der Waals surface area contributed by atoms with Crippen molar-refractivity contribution in [2.24, 2.45) is 0 Å². The third kappa shape index (κ3) is 4.33. The Morgan fingerprint density at radius 2 is 1.58 bits per heavy atom. The number of nitrogens with zero attached hydrogens (tertiary/aromatic N) is 2. The molecule has 2 aromatic carbocycles. The molecule has 0 aliphatic heterocycles. The van der Waals surface area contributed by atoms with Gasteiger partial charge in [0.15, 0.2) is 0 Å². The minimum absolute atomic E-state index is 0.195. The summed E-state index contributed by atoms with van der Waals surface area (Å²) in [6.07, 6.45) is 6.23. The Morgan fingerprint density at radius 3 is 2.15 bits per heavy atom. The van der Waals surface area contributed by atoms with Crippen molar-refractivity contribution < 1.29 is 9.53 Å². The summed E-state index contributed by atoms with van der Waals surface area (Å²) in [5, 5.41) is 0. The molecule has 0 saturated carbocycles. The van der Waals surface area contributed by atoms with Crippen LogP contribution in [-0.4, -0.2) is 15.9 Å². The number of aryl methyl sites for hydroxylation is 2. The average molecular weight is 346 g/mol. The molecule has 0 fully saturated rings. The highest BCUT2D eigenvalue weighted by Gasteiger charge is 2.10. The Morgan fingerprint density at radius 1 is 0.885 bits per heavy atom. The largest absolute Gasteiger partial charge is 0.402 e. The predicted octanol–water partition coefficient (Wildman–Crippen LogP) is 4.88. The van der Waals surface area contributed by atoms with E-state index in [1.165, 1.54) is 17.3 Å². The lowest BCUT2D eigenvalue weighted by molar-refractivity contribution is 0.0727. The highest BCUT2D eigenvalue weighted by molar-refractivity contribution is 5.90. The van der Waals surface area contributed by atoms with Gasteiger partial charge in [0.05, 0.1) is 23.7 Å². The van der Waals surface area contributed by atoms with Gasteiger partial charge in [-0.15, -0.1) is 0 Å². The maximum absolute atomic E-state index is 12.2. The van der Waals surface area contributed by atoms with Crippen LogP contribution in [0.4, 0.5) is 0 Å². The molecule has 4 nitrogen and oxygen atoms in total. The number of aromatic nitrogens is 2. The summed E-state index contributed by atoms with van der Waals surface area (Å²) in [5.41, 5.74) is 4.73. The van der Waals surface area contributed by atoms with E-state index in [2.05, 4.69) is 35.9 Å². The van der Waals surface area contributed by atoms with Crippen LogP contribution < -0.4 is 4.74 Å². The van der Waals surface area contributed by atoms with Crippen molar-refractivity contribution in [2.75, 3.05) is 0 Å². The van der Waals surface area contributed by atoms with Crippen LogP contribution in [0.3, 0.4) is 0 Å². The third-order valence-electron chi connectivity index (χ3n) is 4.21. The lowest BCUT2D eigenvalue weighted by Crippen LogP contribution is -2.09. The van der Waals surface area contributed by atoms with Gasteiger partial charge in [0.1, 0.15) is 0 Å². The Kier molecular flexibility index (Phi) is 5.74. The lowest BCUT2D eigenvalue weighted by Gasteiger charge is -2.06. The van der Waals surface area contributed by atoms with E-state index >= 15 is 0 Å². The summed E-state index contributed by atoms with van der Waals surface area (Å²) in [6.45, 7) is 4.24. The molecule has 0 unspecified atom stereocenters. The summed E-state index contributed by atoms with van der Waals surface area (Å²) in [6, 6.07) is 15.7. The minimum Gasteiger partial charge on any atom is -0.402 e. The van der Waals surface area contributed by atoms with Crippen LogP contribution in [0.15, 0.2) is 60.9 Å². The van der Waals surface area contributed by atoms with Crippen LogP contribution in [0.2, 0.25) is 0 Å². The Bertz CT molecular complexity index is 854. The molecule has 0 amide bonds. The van der Waals surface area contributed by atoms with Crippen molar-refractivity contribution in [3.8, 4) is 17.1 Å². The zero-order valence-corrected chi connectivity index (χ0v) is 15.1. The second kappa shape index (κ2) is 8.39. The first-order valence-corrected chi connectivity index (χ1v) is 8.92. The maximum Gasteiger partial charge on any atom is 0.344 e. The average Bonchev–Trinajstić information content (AvgIpc) is 2.69. The van der Waals surface area contributed by atoms with Gasteiger partial charge in [-0.05, 0) is 36.1 Å². The summed E-state index contributed by atoms with van der Waals surface area (Å²) < 4.78 is 5.30. The molecule has 0 N–H and O–H groups in total. The fourth-order valence-corrected chi connectivity index (χ4v) is 2.68. The van der Waals surface area contributed by atoms with Crippen LogP contribution in [0.1, 0.15) is 41.8 Å². The highest BCUT2D eigenvalue weighted by Crippen LogP contribution is 2.19. The molecule has 3 aromatic rings. The van der Waals surface area contributed by atoms with Crippen molar-refractivity contribution in [3.63, 3.8) is 0 Å². The number of ether oxygens (including phenoxy) is 1. The van der Waals surface area contributed by atoms with Crippen LogP contribution in [0, 0.1) is 0 Å². The van der Waals surface area contributed by atoms with Crippen molar-refractivity contribution in [2.45, 2.75) is 33.1 Å². The quantitative estimate of drug-likeness (QED) is 0.597. The van der Waals surface area contributed by atoms with E-state index in [1.54, 1.807) is 18.3 Å². The second-order valence-electron chi connectivity index (χ2n) is 6.13. The number of rotatable bonds is 6. The van der Waals surface area contributed by atoms with Gasteiger partial charge < -0.3 is 4.74 Å². The number of esters is 1. The topological polar surface area (TPSA) is 52.1 Å². The van der Waals surface area contributed by atoms with Gasteiger partial charge >= 0.3 is 5.97 Å². The summed E-state index contributed by atoms with van der Waals surface area (Å²) in [7, 11) is 0. The molecule has 0 bridgehead atoms. The molecule has 0 aliphatic rings. The van der Waals surface area contributed by atoms with E-state index in [9.17, 15) is 4.79 Å². The smallest absolute Gasteiger partial charge is 0.344 e. The van der Waals surface area contributed by atoms with Gasteiger partial charge in [-0.1, -0.05) is 56.7 Å². The standard InChI is InChI=1S/C22H22N2O2/c1-3-5-17-8-10-18(11-9-17)20-14-24-21(15-23-20)26-22(25)19-12-6-16(4-2)7-13-19/h6-15H,3-5H2,1-2H3. The van der Waals surface area contributed by atoms with Crippen LogP contribution >= 0.6 is 0 Å². The molecule has 1 aromatic heterocycles. The first-order valence-electron chi connectivity index (χ1n) is 8.92. The molecule has 3 rings (SSSR count).